The molecule has 57 heavy (non-hydrogen) atoms. The second-order valence-corrected chi connectivity index (χ2v) is 17.1. The number of methoxy groups -OCH3 is 2. The number of hydrogen-bond donors (Lipinski definition) is 1. The highest BCUT2D eigenvalue weighted by Crippen LogP contribution is 2.15. The van der Waals surface area contributed by atoms with Crippen LogP contribution >= 0.6 is 11.8 Å². The SMILES string of the molecule is CCCCCCCCCCCCCCCCCCOC.CCCCCCCCCCCCCCCCCCOC(=O)CC(CC=O)NC(=O)SCCOCCOC. The number of nitrogens with one attached hydrogen (secondary N) is 1. The zero-order valence-electron chi connectivity index (χ0n) is 38.2. The number of carbonyl (C=O) groups is 3. The van der Waals surface area contributed by atoms with E-state index in [4.69, 9.17) is 18.9 Å². The minimum absolute atomic E-state index is 0.00817. The molecule has 0 aromatic heterocycles. The monoisotopic (exact) mass is 830 g/mol. The molecule has 0 heterocycles. The summed E-state index contributed by atoms with van der Waals surface area (Å²) in [5.41, 5.74) is 0. The molecule has 0 fully saturated rings. The third-order valence-corrected chi connectivity index (χ3v) is 11.2. The van der Waals surface area contributed by atoms with E-state index in [9.17, 15) is 14.4 Å². The van der Waals surface area contributed by atoms with Gasteiger partial charge in [0.2, 0.25) is 0 Å². The molecule has 0 aromatic carbocycles. The van der Waals surface area contributed by atoms with Gasteiger partial charge in [-0.05, 0) is 12.8 Å². The number of amides is 1. The highest BCUT2D eigenvalue weighted by Gasteiger charge is 2.17. The largest absolute Gasteiger partial charge is 0.466 e. The third kappa shape index (κ3) is 52.8. The predicted octanol–water partition coefficient (Wildman–Crippen LogP) is 14.1. The van der Waals surface area contributed by atoms with E-state index in [2.05, 4.69) is 19.2 Å². The summed E-state index contributed by atoms with van der Waals surface area (Å²) in [5, 5.41) is 2.45. The second-order valence-electron chi connectivity index (χ2n) is 16.0. The quantitative estimate of drug-likeness (QED) is 0.0368. The standard InChI is InChI=1S/C29H55NO6S.C19H40O/c1-3-4-5-6-7-8-9-10-11-12-13-14-15-16-17-18-21-36-28(32)26-27(19-20-31)30-29(33)37-25-24-35-23-22-34-2;1-3-4-5-6-7-8-9-10-11-12-13-14-15-16-17-18-19-20-2/h20,27H,3-19,21-26H2,1-2H3,(H,30,33);3-19H2,1-2H3. The smallest absolute Gasteiger partial charge is 0.307 e. The molecule has 0 aliphatic carbocycles. The molecule has 0 aliphatic heterocycles. The number of thioether (sulfide) groups is 1. The maximum absolute atomic E-state index is 12.1. The van der Waals surface area contributed by atoms with Crippen LogP contribution in [0.1, 0.15) is 232 Å². The van der Waals surface area contributed by atoms with Crippen molar-refractivity contribution in [3.63, 3.8) is 0 Å². The average Bonchev–Trinajstić information content (AvgIpc) is 3.20. The van der Waals surface area contributed by atoms with Gasteiger partial charge in [0.25, 0.3) is 5.24 Å². The predicted molar refractivity (Wildman–Crippen MR) is 245 cm³/mol. The van der Waals surface area contributed by atoms with Gasteiger partial charge in [-0.1, -0.05) is 218 Å². The van der Waals surface area contributed by atoms with Crippen molar-refractivity contribution in [1.29, 1.82) is 0 Å². The summed E-state index contributed by atoms with van der Waals surface area (Å²) in [4.78, 5) is 35.1. The molecular formula is C48H95NO7S. The molecule has 340 valence electrons. The summed E-state index contributed by atoms with van der Waals surface area (Å²) in [6.07, 6.45) is 44.5. The number of aldehydes is 1. The summed E-state index contributed by atoms with van der Waals surface area (Å²) in [6.45, 7) is 7.33. The summed E-state index contributed by atoms with van der Waals surface area (Å²) < 4.78 is 20.6. The number of hydrogen-bond acceptors (Lipinski definition) is 8. The molecule has 9 heteroatoms. The molecule has 1 amide bonds. The lowest BCUT2D eigenvalue weighted by atomic mass is 10.0. The van der Waals surface area contributed by atoms with Crippen LogP contribution in [0.3, 0.4) is 0 Å². The van der Waals surface area contributed by atoms with Crippen LogP contribution in [0, 0.1) is 0 Å². The molecule has 0 radical (unpaired) electrons. The fraction of sp³-hybridized carbons (Fsp3) is 0.938. The first-order chi connectivity index (χ1) is 28.0. The third-order valence-electron chi connectivity index (χ3n) is 10.5. The zero-order chi connectivity index (χ0) is 42.0. The van der Waals surface area contributed by atoms with E-state index < -0.39 is 6.04 Å². The van der Waals surface area contributed by atoms with Crippen LogP contribution in [-0.4, -0.2) is 76.5 Å². The Morgan fingerprint density at radius 2 is 0.860 bits per heavy atom. The minimum Gasteiger partial charge on any atom is -0.466 e. The van der Waals surface area contributed by atoms with Crippen molar-refractivity contribution in [2.45, 2.75) is 238 Å². The van der Waals surface area contributed by atoms with Crippen molar-refractivity contribution in [2.75, 3.05) is 53.0 Å². The summed E-state index contributed by atoms with van der Waals surface area (Å²) in [7, 11) is 3.40. The fourth-order valence-corrected chi connectivity index (χ4v) is 7.48. The van der Waals surface area contributed by atoms with Crippen LogP contribution in [0.2, 0.25) is 0 Å². The van der Waals surface area contributed by atoms with E-state index in [1.54, 1.807) is 14.2 Å². The van der Waals surface area contributed by atoms with Gasteiger partial charge in [0, 0.05) is 39.0 Å². The number of ether oxygens (including phenoxy) is 4. The van der Waals surface area contributed by atoms with Gasteiger partial charge in [-0.25, -0.2) is 0 Å². The Labute approximate surface area is 358 Å². The van der Waals surface area contributed by atoms with Crippen molar-refractivity contribution in [3.05, 3.63) is 0 Å². The maximum Gasteiger partial charge on any atom is 0.307 e. The topological polar surface area (TPSA) is 100 Å². The Morgan fingerprint density at radius 1 is 0.491 bits per heavy atom. The lowest BCUT2D eigenvalue weighted by Crippen LogP contribution is -2.35. The van der Waals surface area contributed by atoms with Crippen LogP contribution in [0.15, 0.2) is 0 Å². The van der Waals surface area contributed by atoms with Crippen LogP contribution in [-0.2, 0) is 28.5 Å². The van der Waals surface area contributed by atoms with Crippen molar-refractivity contribution in [1.82, 2.24) is 5.32 Å². The number of carbonyl (C=O) groups excluding carboxylic acids is 3. The van der Waals surface area contributed by atoms with E-state index in [0.717, 1.165) is 31.2 Å². The Bertz CT molecular complexity index is 785. The normalized spacial score (nSPS) is 11.6. The fourth-order valence-electron chi connectivity index (χ4n) is 6.85. The van der Waals surface area contributed by atoms with Gasteiger partial charge >= 0.3 is 5.97 Å². The first-order valence-electron chi connectivity index (χ1n) is 24.1. The van der Waals surface area contributed by atoms with Gasteiger partial charge in [0.1, 0.15) is 6.29 Å². The van der Waals surface area contributed by atoms with Gasteiger partial charge in [-0.2, -0.15) is 0 Å². The van der Waals surface area contributed by atoms with Gasteiger partial charge in [0.05, 0.1) is 32.8 Å². The molecule has 0 saturated carbocycles. The van der Waals surface area contributed by atoms with Crippen LogP contribution in [0.4, 0.5) is 4.79 Å². The van der Waals surface area contributed by atoms with Crippen molar-refractivity contribution >= 4 is 29.3 Å². The highest BCUT2D eigenvalue weighted by atomic mass is 32.2. The molecule has 1 N–H and O–H groups in total. The first kappa shape index (κ1) is 57.9. The molecule has 1 unspecified atom stereocenters. The Kier molecular flexibility index (Phi) is 53.7. The molecule has 0 spiro atoms. The minimum atomic E-state index is -0.537. The molecule has 8 nitrogen and oxygen atoms in total. The van der Waals surface area contributed by atoms with Crippen molar-refractivity contribution < 1.29 is 33.3 Å². The van der Waals surface area contributed by atoms with Crippen LogP contribution < -0.4 is 5.32 Å². The van der Waals surface area contributed by atoms with Crippen molar-refractivity contribution in [2.24, 2.45) is 0 Å². The van der Waals surface area contributed by atoms with E-state index in [-0.39, 0.29) is 24.1 Å². The van der Waals surface area contributed by atoms with Crippen LogP contribution in [0.5, 0.6) is 0 Å². The average molecular weight is 830 g/mol. The van der Waals surface area contributed by atoms with E-state index in [1.807, 2.05) is 0 Å². The molecule has 0 saturated heterocycles. The molecule has 0 bridgehead atoms. The van der Waals surface area contributed by atoms with Crippen molar-refractivity contribution in [3.8, 4) is 0 Å². The number of unbranched alkanes of at least 4 members (excludes halogenated alkanes) is 30. The Balaban J connectivity index is 0. The van der Waals surface area contributed by atoms with Gasteiger partial charge in [0.15, 0.2) is 0 Å². The summed E-state index contributed by atoms with van der Waals surface area (Å²) in [6, 6.07) is -0.537. The van der Waals surface area contributed by atoms with E-state index >= 15 is 0 Å². The Morgan fingerprint density at radius 3 is 1.23 bits per heavy atom. The highest BCUT2D eigenvalue weighted by molar-refractivity contribution is 8.13. The number of rotatable bonds is 45. The molecular weight excluding hydrogens is 735 g/mol. The van der Waals surface area contributed by atoms with Crippen LogP contribution in [0.25, 0.3) is 0 Å². The maximum atomic E-state index is 12.1. The lowest BCUT2D eigenvalue weighted by molar-refractivity contribution is -0.144. The number of esters is 1. The molecule has 0 rings (SSSR count). The van der Waals surface area contributed by atoms with E-state index in [0.29, 0.717) is 38.5 Å². The van der Waals surface area contributed by atoms with E-state index in [1.165, 1.54) is 193 Å². The van der Waals surface area contributed by atoms with Gasteiger partial charge in [-0.15, -0.1) is 0 Å². The Hall–Kier alpha value is -1.16. The first-order valence-corrected chi connectivity index (χ1v) is 25.1. The second kappa shape index (κ2) is 52.9. The van der Waals surface area contributed by atoms with Gasteiger partial charge < -0.3 is 29.1 Å². The molecule has 0 aromatic rings. The summed E-state index contributed by atoms with van der Waals surface area (Å²) in [5.74, 6) is 0.119. The zero-order valence-corrected chi connectivity index (χ0v) is 39.0. The molecule has 1 atom stereocenters. The lowest BCUT2D eigenvalue weighted by Gasteiger charge is -2.15. The molecule has 0 aliphatic rings. The van der Waals surface area contributed by atoms with Gasteiger partial charge in [-0.3, -0.25) is 9.59 Å². The summed E-state index contributed by atoms with van der Waals surface area (Å²) >= 11 is 1.07.